The van der Waals surface area contributed by atoms with Crippen LogP contribution in [-0.4, -0.2) is 11.5 Å². The molecule has 2 nitrogen and oxygen atoms in total. The largest absolute Gasteiger partial charge is 0.309 e. The third kappa shape index (κ3) is 1.67. The Morgan fingerprint density at radius 3 is 3.50 bits per heavy atom. The van der Waals surface area contributed by atoms with Gasteiger partial charge in [0.05, 0.1) is 11.2 Å². The highest BCUT2D eigenvalue weighted by atomic mass is 79.9. The zero-order valence-corrected chi connectivity index (χ0v) is 7.41. The van der Waals surface area contributed by atoms with E-state index >= 15 is 0 Å². The van der Waals surface area contributed by atoms with E-state index in [0.717, 1.165) is 0 Å². The van der Waals surface area contributed by atoms with Crippen molar-refractivity contribution >= 4 is 15.9 Å². The summed E-state index contributed by atoms with van der Waals surface area (Å²) >= 11 is 2.87. The second kappa shape index (κ2) is 3.54. The van der Waals surface area contributed by atoms with Crippen LogP contribution in [-0.2, 0) is 0 Å². The monoisotopic (exact) mass is 236 g/mol. The molecule has 0 aromatic carbocycles. The quantitative estimate of drug-likeness (QED) is 0.758. The zero-order valence-electron chi connectivity index (χ0n) is 15.8. The molecule has 1 aromatic rings. The first-order chi connectivity index (χ1) is 9.71. The molecule has 1 unspecified atom stereocenters. The lowest BCUT2D eigenvalue weighted by Gasteiger charge is -2.08. The summed E-state index contributed by atoms with van der Waals surface area (Å²) in [5.74, 6) is 0. The Labute approximate surface area is 94.6 Å². The summed E-state index contributed by atoms with van der Waals surface area (Å²) in [6.45, 7) is -2.89. The third-order valence-corrected chi connectivity index (χ3v) is 1.61. The van der Waals surface area contributed by atoms with Crippen molar-refractivity contribution in [3.8, 4) is 0 Å². The molecule has 0 bridgehead atoms. The molecule has 1 saturated heterocycles. The predicted octanol–water partition coefficient (Wildman–Crippen LogP) is 2.27. The Morgan fingerprint density at radius 2 is 2.75 bits per heavy atom. The minimum absolute atomic E-state index is 0.208. The van der Waals surface area contributed by atoms with Crippen LogP contribution < -0.4 is 5.32 Å². The van der Waals surface area contributed by atoms with Crippen molar-refractivity contribution in [2.24, 2.45) is 0 Å². The van der Waals surface area contributed by atoms with Gasteiger partial charge < -0.3 is 5.32 Å². The van der Waals surface area contributed by atoms with Crippen molar-refractivity contribution in [1.82, 2.24) is 10.3 Å². The minimum atomic E-state index is -3.08. The van der Waals surface area contributed by atoms with Crippen LogP contribution >= 0.6 is 15.9 Å². The van der Waals surface area contributed by atoms with E-state index in [4.69, 9.17) is 13.7 Å². The molecule has 1 aliphatic rings. The van der Waals surface area contributed by atoms with Crippen LogP contribution in [0.1, 0.15) is 38.2 Å². The van der Waals surface area contributed by atoms with E-state index in [1.807, 2.05) is 5.32 Å². The Kier molecular flexibility index (Phi) is 0.751. The Hall–Kier alpha value is -0.410. The van der Waals surface area contributed by atoms with E-state index in [1.165, 1.54) is 0 Å². The number of nitrogens with one attached hydrogen (secondary N) is 1. The first-order valence-electron chi connectivity index (χ1n) is 8.14. The maximum absolute atomic E-state index is 8.23. The Bertz CT molecular complexity index is 648. The summed E-state index contributed by atoms with van der Waals surface area (Å²) in [5, 5.41) is 1.92. The lowest BCUT2D eigenvalue weighted by molar-refractivity contribution is 0.626. The molecule has 0 amide bonds. The van der Waals surface area contributed by atoms with Gasteiger partial charge in [-0.2, -0.15) is 0 Å². The van der Waals surface area contributed by atoms with Gasteiger partial charge in [0, 0.05) is 14.2 Å². The van der Waals surface area contributed by atoms with E-state index in [0.29, 0.717) is 0 Å². The molecule has 1 atom stereocenters. The highest BCUT2D eigenvalue weighted by Gasteiger charge is 2.16. The first-order valence-corrected chi connectivity index (χ1v) is 3.93. The number of halogens is 1. The van der Waals surface area contributed by atoms with Crippen molar-refractivity contribution in [2.45, 2.75) is 18.8 Å². The second-order valence-electron chi connectivity index (χ2n) is 2.00. The fourth-order valence-electron chi connectivity index (χ4n) is 0.752. The maximum Gasteiger partial charge on any atom is 0.106 e. The third-order valence-electron chi connectivity index (χ3n) is 1.23. The molecule has 0 aliphatic carbocycles. The van der Waals surface area contributed by atoms with E-state index in [1.54, 1.807) is 0 Å². The van der Waals surface area contributed by atoms with Crippen LogP contribution in [0.3, 0.4) is 0 Å². The predicted molar refractivity (Wildman–Crippen MR) is 51.9 cm³/mol. The summed E-state index contributed by atoms with van der Waals surface area (Å²) in [4.78, 5) is 3.71. The molecule has 1 fully saturated rings. The number of pyridine rings is 1. The van der Waals surface area contributed by atoms with E-state index in [-0.39, 0.29) is 4.60 Å². The second-order valence-corrected chi connectivity index (χ2v) is 2.75. The highest BCUT2D eigenvalue weighted by Crippen LogP contribution is 2.22. The van der Waals surface area contributed by atoms with Crippen LogP contribution in [0.5, 0.6) is 0 Å². The average molecular weight is 237 g/mol. The number of aromatic nitrogens is 1. The highest BCUT2D eigenvalue weighted by molar-refractivity contribution is 9.10. The molecule has 2 heterocycles. The van der Waals surface area contributed by atoms with Crippen molar-refractivity contribution in [2.75, 3.05) is 6.50 Å². The zero-order chi connectivity index (χ0) is 17.3. The van der Waals surface area contributed by atoms with Gasteiger partial charge in [0.25, 0.3) is 0 Å². The van der Waals surface area contributed by atoms with Gasteiger partial charge in [-0.15, -0.1) is 0 Å². The summed E-state index contributed by atoms with van der Waals surface area (Å²) in [6, 6.07) is -4.51. The lowest BCUT2D eigenvalue weighted by Crippen LogP contribution is -2.13. The van der Waals surface area contributed by atoms with Gasteiger partial charge in [0.2, 0.25) is 0 Å². The molecule has 3 heteroatoms. The fourth-order valence-corrected chi connectivity index (χ4v) is 1.03. The smallest absolute Gasteiger partial charge is 0.106 e. The van der Waals surface area contributed by atoms with Gasteiger partial charge in [0.15, 0.2) is 0 Å². The number of rotatable bonds is 1. The van der Waals surface area contributed by atoms with Crippen molar-refractivity contribution < 1.29 is 13.7 Å². The van der Waals surface area contributed by atoms with Gasteiger partial charge in [-0.1, -0.05) is 6.04 Å². The van der Waals surface area contributed by atoms with Crippen LogP contribution in [0.4, 0.5) is 0 Å². The number of nitrogens with zero attached hydrogens (tertiary/aromatic N) is 1. The normalized spacial score (nSPS) is 53.8. The maximum atomic E-state index is 8.23. The molecule has 1 N–H and O–H groups in total. The minimum Gasteiger partial charge on any atom is -0.309 e. The fraction of sp³-hybridized carbons (Fsp3) is 0.444. The van der Waals surface area contributed by atoms with Crippen LogP contribution in [0.2, 0.25) is 0 Å². The molecular formula is C9H11BrN2. The van der Waals surface area contributed by atoms with Crippen molar-refractivity contribution in [3.05, 3.63) is 28.4 Å². The average Bonchev–Trinajstić information content (AvgIpc) is 2.47. The summed E-state index contributed by atoms with van der Waals surface area (Å²) in [5.41, 5.74) is -0.657. The lowest BCUT2D eigenvalue weighted by atomic mass is 10.1. The number of hydrogen-bond donors (Lipinski definition) is 1. The van der Waals surface area contributed by atoms with Crippen LogP contribution in [0.15, 0.2) is 22.7 Å². The van der Waals surface area contributed by atoms with E-state index < -0.39 is 49.1 Å². The van der Waals surface area contributed by atoms with Gasteiger partial charge in [-0.05, 0) is 47.3 Å². The molecule has 64 valence electrons. The first kappa shape index (κ1) is 2.55. The molecular weight excluding hydrogens is 216 g/mol. The molecule has 1 aliphatic heterocycles. The van der Waals surface area contributed by atoms with Gasteiger partial charge >= 0.3 is 0 Å². The Balaban J connectivity index is 2.78. The topological polar surface area (TPSA) is 24.9 Å². The van der Waals surface area contributed by atoms with Gasteiger partial charge in [-0.25, -0.2) is 4.98 Å². The van der Waals surface area contributed by atoms with E-state index in [9.17, 15) is 0 Å². The van der Waals surface area contributed by atoms with Gasteiger partial charge in [-0.3, -0.25) is 0 Å². The summed E-state index contributed by atoms with van der Waals surface area (Å²) in [7, 11) is 0. The molecule has 0 saturated carbocycles. The Morgan fingerprint density at radius 1 is 1.83 bits per heavy atom. The summed E-state index contributed by atoms with van der Waals surface area (Å²) < 4.78 is 77.3. The molecule has 12 heavy (non-hydrogen) atoms. The van der Waals surface area contributed by atoms with Crippen molar-refractivity contribution in [3.63, 3.8) is 0 Å². The molecule has 0 spiro atoms. The molecule has 0 radical (unpaired) electrons. The van der Waals surface area contributed by atoms with Gasteiger partial charge in [0.1, 0.15) is 4.60 Å². The van der Waals surface area contributed by atoms with E-state index in [2.05, 4.69) is 20.9 Å². The van der Waals surface area contributed by atoms with Crippen molar-refractivity contribution in [1.29, 1.82) is 0 Å². The summed E-state index contributed by atoms with van der Waals surface area (Å²) in [6.07, 6.45) is -6.16. The number of hydrogen-bond acceptors (Lipinski definition) is 2. The van der Waals surface area contributed by atoms with Crippen LogP contribution in [0, 0.1) is 0 Å². The standard InChI is InChI=1S/C9H11BrN2/c10-9-5-1-3-8(12-9)7-4-2-6-11-7/h1,3,5,7,11H,2,4,6H2/i1D,2D2,3D,4D2,5D,6D2,7D. The van der Waals surface area contributed by atoms with Crippen LogP contribution in [0.25, 0.3) is 0 Å². The SMILES string of the molecule is [2H]c1c(Br)nc(C2([2H])NC([2H])([2H])C([2H])([2H])C2([2H])[2H])c([2H])c1[2H]. The molecule has 1 aromatic heterocycles. The molecule has 2 rings (SSSR count).